The van der Waals surface area contributed by atoms with Crippen LogP contribution in [0.2, 0.25) is 0 Å². The zero-order chi connectivity index (χ0) is 13.1. The molecule has 0 bridgehead atoms. The summed E-state index contributed by atoms with van der Waals surface area (Å²) in [4.78, 5) is 11.7. The van der Waals surface area contributed by atoms with E-state index in [-0.39, 0.29) is 23.9 Å². The van der Waals surface area contributed by atoms with Gasteiger partial charge in [0, 0.05) is 11.5 Å². The number of carbonyl (C=O) groups excluding carboxylic acids is 1. The molecule has 0 aromatic carbocycles. The highest BCUT2D eigenvalue weighted by atomic mass is 16.6. The first-order chi connectivity index (χ1) is 8.42. The molecule has 3 heteroatoms. The van der Waals surface area contributed by atoms with E-state index in [0.717, 1.165) is 12.0 Å². The van der Waals surface area contributed by atoms with Crippen molar-refractivity contribution in [1.82, 2.24) is 0 Å². The van der Waals surface area contributed by atoms with Crippen LogP contribution in [0, 0.1) is 11.8 Å². The van der Waals surface area contributed by atoms with E-state index < -0.39 is 5.60 Å². The molecule has 1 saturated heterocycles. The Labute approximate surface area is 107 Å². The van der Waals surface area contributed by atoms with Crippen molar-refractivity contribution in [1.29, 1.82) is 0 Å². The predicted molar refractivity (Wildman–Crippen MR) is 67.7 cm³/mol. The minimum absolute atomic E-state index is 0.00734. The summed E-state index contributed by atoms with van der Waals surface area (Å²) >= 11 is 0. The van der Waals surface area contributed by atoms with Crippen molar-refractivity contribution in [3.63, 3.8) is 0 Å². The van der Waals surface area contributed by atoms with Crippen LogP contribution < -0.4 is 0 Å². The van der Waals surface area contributed by atoms with Gasteiger partial charge < -0.3 is 9.84 Å². The van der Waals surface area contributed by atoms with Crippen LogP contribution in [0.15, 0.2) is 35.5 Å². The highest BCUT2D eigenvalue weighted by molar-refractivity contribution is 5.91. The topological polar surface area (TPSA) is 46.5 Å². The van der Waals surface area contributed by atoms with Gasteiger partial charge in [-0.25, -0.2) is 4.79 Å². The Morgan fingerprint density at radius 3 is 2.94 bits per heavy atom. The van der Waals surface area contributed by atoms with Gasteiger partial charge in [0.1, 0.15) is 6.10 Å². The fraction of sp³-hybridized carbons (Fsp3) is 0.533. The Balaban J connectivity index is 2.08. The van der Waals surface area contributed by atoms with Crippen LogP contribution in [-0.2, 0) is 9.53 Å². The molecule has 3 nitrogen and oxygen atoms in total. The Kier molecular flexibility index (Phi) is 2.33. The highest BCUT2D eigenvalue weighted by Gasteiger charge is 2.53. The second kappa shape index (κ2) is 3.58. The molecule has 1 heterocycles. The molecular formula is C15H18O3. The van der Waals surface area contributed by atoms with Crippen LogP contribution in [0.4, 0.5) is 0 Å². The lowest BCUT2D eigenvalue weighted by Crippen LogP contribution is -2.41. The van der Waals surface area contributed by atoms with Crippen LogP contribution in [0.1, 0.15) is 26.7 Å². The third-order valence-corrected chi connectivity index (χ3v) is 4.55. The van der Waals surface area contributed by atoms with Gasteiger partial charge in [-0.2, -0.15) is 0 Å². The lowest BCUT2D eigenvalue weighted by Gasteiger charge is -2.33. The van der Waals surface area contributed by atoms with Gasteiger partial charge in [0.2, 0.25) is 0 Å². The minimum atomic E-state index is -0.831. The molecule has 0 unspecified atom stereocenters. The summed E-state index contributed by atoms with van der Waals surface area (Å²) in [7, 11) is 0. The molecule has 0 saturated carbocycles. The fourth-order valence-corrected chi connectivity index (χ4v) is 3.47. The normalized spacial score (nSPS) is 42.7. The number of hydrogen-bond donors (Lipinski definition) is 1. The van der Waals surface area contributed by atoms with E-state index in [2.05, 4.69) is 25.7 Å². The van der Waals surface area contributed by atoms with E-state index in [1.165, 1.54) is 5.57 Å². The molecule has 18 heavy (non-hydrogen) atoms. The fourth-order valence-electron chi connectivity index (χ4n) is 3.47. The number of fused-ring (bicyclic) bond motifs is 3. The summed E-state index contributed by atoms with van der Waals surface area (Å²) in [6.45, 7) is 7.73. The molecule has 3 rings (SSSR count). The molecular weight excluding hydrogens is 228 g/mol. The molecule has 3 aliphatic rings. The maximum atomic E-state index is 11.7. The molecule has 96 valence electrons. The monoisotopic (exact) mass is 246 g/mol. The summed E-state index contributed by atoms with van der Waals surface area (Å²) in [6.07, 6.45) is 5.34. The lowest BCUT2D eigenvalue weighted by atomic mass is 9.78. The Bertz CT molecular complexity index is 496. The first kappa shape index (κ1) is 11.7. The van der Waals surface area contributed by atoms with Crippen LogP contribution in [0.25, 0.3) is 0 Å². The Morgan fingerprint density at radius 2 is 2.22 bits per heavy atom. The molecule has 0 aromatic rings. The number of ether oxygens (including phenoxy) is 1. The summed E-state index contributed by atoms with van der Waals surface area (Å²) in [5.74, 6) is -0.419. The predicted octanol–water partition coefficient (Wildman–Crippen LogP) is 2.13. The van der Waals surface area contributed by atoms with Crippen LogP contribution in [-0.4, -0.2) is 22.8 Å². The second-order valence-electron chi connectivity index (χ2n) is 5.82. The quantitative estimate of drug-likeness (QED) is 0.526. The largest absolute Gasteiger partial charge is 0.458 e. The highest BCUT2D eigenvalue weighted by Crippen LogP contribution is 2.49. The molecule has 0 radical (unpaired) electrons. The van der Waals surface area contributed by atoms with Gasteiger partial charge in [-0.3, -0.25) is 0 Å². The minimum Gasteiger partial charge on any atom is -0.458 e. The van der Waals surface area contributed by atoms with E-state index in [1.54, 1.807) is 0 Å². The van der Waals surface area contributed by atoms with Gasteiger partial charge >= 0.3 is 5.97 Å². The number of esters is 1. The first-order valence-corrected chi connectivity index (χ1v) is 6.41. The summed E-state index contributed by atoms with van der Waals surface area (Å²) < 4.78 is 5.48. The number of carbonyl (C=O) groups is 1. The van der Waals surface area contributed by atoms with E-state index in [1.807, 2.05) is 6.92 Å². The number of hydrogen-bond acceptors (Lipinski definition) is 3. The zero-order valence-corrected chi connectivity index (χ0v) is 10.8. The first-order valence-electron chi connectivity index (χ1n) is 6.41. The molecule has 1 N–H and O–H groups in total. The molecule has 4 atom stereocenters. The molecule has 0 amide bonds. The van der Waals surface area contributed by atoms with Crippen molar-refractivity contribution in [2.24, 2.45) is 11.8 Å². The van der Waals surface area contributed by atoms with Crippen LogP contribution in [0.5, 0.6) is 0 Å². The van der Waals surface area contributed by atoms with Crippen molar-refractivity contribution >= 4 is 5.97 Å². The second-order valence-corrected chi connectivity index (χ2v) is 5.82. The van der Waals surface area contributed by atoms with Crippen LogP contribution >= 0.6 is 0 Å². The zero-order valence-electron chi connectivity index (χ0n) is 10.8. The van der Waals surface area contributed by atoms with Crippen molar-refractivity contribution in [2.45, 2.75) is 38.4 Å². The Hall–Kier alpha value is -1.35. The average molecular weight is 246 g/mol. The van der Waals surface area contributed by atoms with E-state index >= 15 is 0 Å². The average Bonchev–Trinajstić information content (AvgIpc) is 2.69. The maximum absolute atomic E-state index is 11.7. The van der Waals surface area contributed by atoms with Gasteiger partial charge in [0.15, 0.2) is 0 Å². The van der Waals surface area contributed by atoms with Crippen LogP contribution in [0.3, 0.4) is 0 Å². The SMILES string of the molecule is C=C1C(=O)O[C@H]2[C@H]1CC=C(C)C1=CC[C@@](C)(O)[C@@H]12. The number of rotatable bonds is 0. The molecule has 1 aliphatic heterocycles. The summed E-state index contributed by atoms with van der Waals surface area (Å²) in [5.41, 5.74) is 2.04. The molecule has 1 fully saturated rings. The van der Waals surface area contributed by atoms with Gasteiger partial charge in [-0.05, 0) is 32.3 Å². The van der Waals surface area contributed by atoms with Crippen molar-refractivity contribution < 1.29 is 14.6 Å². The van der Waals surface area contributed by atoms with Gasteiger partial charge in [-0.1, -0.05) is 24.3 Å². The van der Waals surface area contributed by atoms with E-state index in [0.29, 0.717) is 12.0 Å². The van der Waals surface area contributed by atoms with Crippen molar-refractivity contribution in [3.05, 3.63) is 35.5 Å². The lowest BCUT2D eigenvalue weighted by molar-refractivity contribution is -0.144. The maximum Gasteiger partial charge on any atom is 0.334 e. The molecule has 0 spiro atoms. The van der Waals surface area contributed by atoms with E-state index in [9.17, 15) is 9.90 Å². The molecule has 0 aromatic heterocycles. The van der Waals surface area contributed by atoms with Gasteiger partial charge in [-0.15, -0.1) is 0 Å². The number of aliphatic hydroxyl groups is 1. The third kappa shape index (κ3) is 1.43. The standard InChI is InChI=1S/C15H18O3/c1-8-4-5-11-9(2)14(16)18-13(11)12-10(8)6-7-15(12,3)17/h4,6,11-13,17H,2,5,7H2,1,3H3/t11-,12-,13-,15+/m0/s1. The van der Waals surface area contributed by atoms with E-state index in [4.69, 9.17) is 4.74 Å². The van der Waals surface area contributed by atoms with Crippen molar-refractivity contribution in [2.75, 3.05) is 0 Å². The summed E-state index contributed by atoms with van der Waals surface area (Å²) in [6, 6.07) is 0. The third-order valence-electron chi connectivity index (χ3n) is 4.55. The Morgan fingerprint density at radius 1 is 1.50 bits per heavy atom. The number of allylic oxidation sites excluding steroid dienone is 2. The van der Waals surface area contributed by atoms with Gasteiger partial charge in [0.25, 0.3) is 0 Å². The van der Waals surface area contributed by atoms with Gasteiger partial charge in [0.05, 0.1) is 11.5 Å². The smallest absolute Gasteiger partial charge is 0.334 e. The molecule has 2 aliphatic carbocycles. The summed E-state index contributed by atoms with van der Waals surface area (Å²) in [5, 5.41) is 10.6. The van der Waals surface area contributed by atoms with Crippen molar-refractivity contribution in [3.8, 4) is 0 Å².